The normalized spacial score (nSPS) is 20.4. The van der Waals surface area contributed by atoms with Crippen LogP contribution in [0.3, 0.4) is 0 Å². The summed E-state index contributed by atoms with van der Waals surface area (Å²) in [5.74, 6) is 0.849. The van der Waals surface area contributed by atoms with E-state index in [1.54, 1.807) is 0 Å². The van der Waals surface area contributed by atoms with Gasteiger partial charge in [0.05, 0.1) is 0 Å². The number of rotatable bonds is 4. The molecule has 0 aromatic heterocycles. The second-order valence-electron chi connectivity index (χ2n) is 5.54. The first-order valence-corrected chi connectivity index (χ1v) is 7.83. The smallest absolute Gasteiger partial charge is 0.0471 e. The van der Waals surface area contributed by atoms with Crippen LogP contribution >= 0.6 is 11.6 Å². The lowest BCUT2D eigenvalue weighted by atomic mass is 10.0. The van der Waals surface area contributed by atoms with Crippen LogP contribution in [0.1, 0.15) is 38.7 Å². The van der Waals surface area contributed by atoms with Crippen LogP contribution in [0.15, 0.2) is 18.2 Å². The Labute approximate surface area is 122 Å². The maximum absolute atomic E-state index is 6.39. The van der Waals surface area contributed by atoms with E-state index in [4.69, 9.17) is 11.6 Å². The Morgan fingerprint density at radius 1 is 1.32 bits per heavy atom. The largest absolute Gasteiger partial charge is 0.371 e. The van der Waals surface area contributed by atoms with Crippen molar-refractivity contribution in [3.8, 4) is 0 Å². The molecule has 3 heteroatoms. The molecule has 1 heterocycles. The highest BCUT2D eigenvalue weighted by molar-refractivity contribution is 6.31. The van der Waals surface area contributed by atoms with Gasteiger partial charge < -0.3 is 10.2 Å². The molecule has 1 aromatic rings. The third-order valence-electron chi connectivity index (χ3n) is 4.00. The van der Waals surface area contributed by atoms with Crippen LogP contribution in [0.2, 0.25) is 5.02 Å². The molecule has 0 saturated carbocycles. The summed E-state index contributed by atoms with van der Waals surface area (Å²) in [7, 11) is 0. The lowest BCUT2D eigenvalue weighted by Gasteiger charge is -2.26. The number of halogens is 1. The summed E-state index contributed by atoms with van der Waals surface area (Å²) in [6.07, 6.45) is 3.92. The van der Waals surface area contributed by atoms with Crippen molar-refractivity contribution in [2.24, 2.45) is 5.92 Å². The van der Waals surface area contributed by atoms with Crippen molar-refractivity contribution in [3.63, 3.8) is 0 Å². The predicted octanol–water partition coefficient (Wildman–Crippen LogP) is 4.08. The molecule has 1 atom stereocenters. The maximum atomic E-state index is 6.39. The third kappa shape index (κ3) is 3.87. The lowest BCUT2D eigenvalue weighted by molar-refractivity contribution is 0.521. The van der Waals surface area contributed by atoms with Crippen molar-refractivity contribution < 1.29 is 0 Å². The third-order valence-corrected chi connectivity index (χ3v) is 4.36. The molecule has 0 bridgehead atoms. The molecule has 0 amide bonds. The van der Waals surface area contributed by atoms with E-state index in [1.807, 2.05) is 6.07 Å². The zero-order chi connectivity index (χ0) is 13.7. The van der Waals surface area contributed by atoms with Crippen LogP contribution in [0.4, 0.5) is 5.69 Å². The standard InChI is InChI=1S/C16H25ClN2/c1-3-18-12-14-15(17)7-4-8-16(14)19-10-5-6-13(2)9-11-19/h4,7-8,13,18H,3,5-6,9-12H2,1-2H3. The Bertz CT molecular complexity index is 406. The van der Waals surface area contributed by atoms with Crippen LogP contribution in [0, 0.1) is 5.92 Å². The first-order chi connectivity index (χ1) is 9.22. The fraction of sp³-hybridized carbons (Fsp3) is 0.625. The van der Waals surface area contributed by atoms with Gasteiger partial charge in [-0.3, -0.25) is 0 Å². The van der Waals surface area contributed by atoms with E-state index in [0.29, 0.717) is 0 Å². The molecule has 1 unspecified atom stereocenters. The molecule has 106 valence electrons. The van der Waals surface area contributed by atoms with Gasteiger partial charge in [0.2, 0.25) is 0 Å². The topological polar surface area (TPSA) is 15.3 Å². The molecule has 1 saturated heterocycles. The number of hydrogen-bond acceptors (Lipinski definition) is 2. The summed E-state index contributed by atoms with van der Waals surface area (Å²) >= 11 is 6.39. The molecule has 19 heavy (non-hydrogen) atoms. The van der Waals surface area contributed by atoms with Gasteiger partial charge >= 0.3 is 0 Å². The first-order valence-electron chi connectivity index (χ1n) is 7.45. The molecule has 2 nitrogen and oxygen atoms in total. The van der Waals surface area contributed by atoms with Gasteiger partial charge in [-0.05, 0) is 43.9 Å². The van der Waals surface area contributed by atoms with E-state index in [-0.39, 0.29) is 0 Å². The van der Waals surface area contributed by atoms with Crippen LogP contribution in [-0.2, 0) is 6.54 Å². The Kier molecular flexibility index (Phi) is 5.53. The Balaban J connectivity index is 2.20. The van der Waals surface area contributed by atoms with E-state index in [2.05, 4.69) is 36.2 Å². The summed E-state index contributed by atoms with van der Waals surface area (Å²) < 4.78 is 0. The zero-order valence-electron chi connectivity index (χ0n) is 12.1. The van der Waals surface area contributed by atoms with Gasteiger partial charge in [-0.2, -0.15) is 0 Å². The highest BCUT2D eigenvalue weighted by Gasteiger charge is 2.17. The number of benzene rings is 1. The monoisotopic (exact) mass is 280 g/mol. The molecule has 2 rings (SSSR count). The minimum Gasteiger partial charge on any atom is -0.371 e. The number of hydrogen-bond donors (Lipinski definition) is 1. The Morgan fingerprint density at radius 3 is 2.95 bits per heavy atom. The van der Waals surface area contributed by atoms with E-state index < -0.39 is 0 Å². The van der Waals surface area contributed by atoms with E-state index in [1.165, 1.54) is 30.5 Å². The van der Waals surface area contributed by atoms with Gasteiger partial charge in [-0.15, -0.1) is 0 Å². The first kappa shape index (κ1) is 14.7. The molecule has 1 aliphatic heterocycles. The van der Waals surface area contributed by atoms with E-state index >= 15 is 0 Å². The van der Waals surface area contributed by atoms with E-state index in [9.17, 15) is 0 Å². The van der Waals surface area contributed by atoms with Crippen LogP contribution < -0.4 is 10.2 Å². The van der Waals surface area contributed by atoms with Gasteiger partial charge in [0.25, 0.3) is 0 Å². The molecule has 1 N–H and O–H groups in total. The minimum absolute atomic E-state index is 0.849. The quantitative estimate of drug-likeness (QED) is 0.894. The summed E-state index contributed by atoms with van der Waals surface area (Å²) in [5, 5.41) is 4.28. The predicted molar refractivity (Wildman–Crippen MR) is 84.1 cm³/mol. The van der Waals surface area contributed by atoms with Gasteiger partial charge in [-0.1, -0.05) is 31.5 Å². The molecular formula is C16H25ClN2. The molecule has 0 aliphatic carbocycles. The fourth-order valence-corrected chi connectivity index (χ4v) is 3.01. The van der Waals surface area contributed by atoms with Crippen molar-refractivity contribution >= 4 is 17.3 Å². The van der Waals surface area contributed by atoms with Gasteiger partial charge in [-0.25, -0.2) is 0 Å². The average molecular weight is 281 g/mol. The highest BCUT2D eigenvalue weighted by atomic mass is 35.5. The average Bonchev–Trinajstić information content (AvgIpc) is 2.62. The van der Waals surface area contributed by atoms with Crippen molar-refractivity contribution in [3.05, 3.63) is 28.8 Å². The SMILES string of the molecule is CCNCc1c(Cl)cccc1N1CCCC(C)CC1. The van der Waals surface area contributed by atoms with Crippen molar-refractivity contribution in [1.29, 1.82) is 0 Å². The maximum Gasteiger partial charge on any atom is 0.0471 e. The lowest BCUT2D eigenvalue weighted by Crippen LogP contribution is -2.26. The molecule has 1 aromatic carbocycles. The number of nitrogens with one attached hydrogen (secondary N) is 1. The van der Waals surface area contributed by atoms with E-state index in [0.717, 1.165) is 37.1 Å². The summed E-state index contributed by atoms with van der Waals surface area (Å²) in [6.45, 7) is 8.63. The summed E-state index contributed by atoms with van der Waals surface area (Å²) in [6, 6.07) is 6.29. The van der Waals surface area contributed by atoms with Crippen molar-refractivity contribution in [2.45, 2.75) is 39.7 Å². The highest BCUT2D eigenvalue weighted by Crippen LogP contribution is 2.30. The summed E-state index contributed by atoms with van der Waals surface area (Å²) in [5.41, 5.74) is 2.57. The zero-order valence-corrected chi connectivity index (χ0v) is 12.8. The Hall–Kier alpha value is -0.730. The fourth-order valence-electron chi connectivity index (χ4n) is 2.77. The van der Waals surface area contributed by atoms with Crippen molar-refractivity contribution in [1.82, 2.24) is 5.32 Å². The molecule has 1 aliphatic rings. The van der Waals surface area contributed by atoms with Gasteiger partial charge in [0, 0.05) is 35.9 Å². The second-order valence-corrected chi connectivity index (χ2v) is 5.95. The van der Waals surface area contributed by atoms with Gasteiger partial charge in [0.15, 0.2) is 0 Å². The van der Waals surface area contributed by atoms with Crippen molar-refractivity contribution in [2.75, 3.05) is 24.5 Å². The summed E-state index contributed by atoms with van der Waals surface area (Å²) in [4.78, 5) is 2.52. The molecular weight excluding hydrogens is 256 g/mol. The number of nitrogens with zero attached hydrogens (tertiary/aromatic N) is 1. The van der Waals surface area contributed by atoms with Crippen LogP contribution in [-0.4, -0.2) is 19.6 Å². The van der Waals surface area contributed by atoms with Crippen LogP contribution in [0.5, 0.6) is 0 Å². The van der Waals surface area contributed by atoms with Gasteiger partial charge in [0.1, 0.15) is 0 Å². The molecule has 0 spiro atoms. The second kappa shape index (κ2) is 7.16. The Morgan fingerprint density at radius 2 is 2.16 bits per heavy atom. The number of anilines is 1. The molecule has 0 radical (unpaired) electrons. The molecule has 1 fully saturated rings. The van der Waals surface area contributed by atoms with Crippen LogP contribution in [0.25, 0.3) is 0 Å². The minimum atomic E-state index is 0.849.